The number of rotatable bonds is 7. The molecular weight excluding hydrogens is 290 g/mol. The topological polar surface area (TPSA) is 92.5 Å². The predicted octanol–water partition coefficient (Wildman–Crippen LogP) is -0.0582. The predicted molar refractivity (Wildman–Crippen MR) is 82.7 cm³/mol. The molecule has 1 amide bonds. The first-order valence-corrected chi connectivity index (χ1v) is 8.47. The third-order valence-electron chi connectivity index (χ3n) is 3.39. The lowest BCUT2D eigenvalue weighted by Crippen LogP contribution is -2.51. The zero-order valence-electron chi connectivity index (χ0n) is 12.9. The molecule has 1 aromatic carbocycles. The molecule has 0 aliphatic rings. The average molecular weight is 313 g/mol. The van der Waals surface area contributed by atoms with Gasteiger partial charge >= 0.3 is 0 Å². The quantitative estimate of drug-likeness (QED) is 0.736. The van der Waals surface area contributed by atoms with Gasteiger partial charge in [-0.25, -0.2) is 8.42 Å². The normalized spacial score (nSPS) is 14.9. The van der Waals surface area contributed by atoms with Crippen LogP contribution in [-0.2, 0) is 20.2 Å². The summed E-state index contributed by atoms with van der Waals surface area (Å²) in [6, 6.07) is 6.20. The van der Waals surface area contributed by atoms with Crippen LogP contribution < -0.4 is 11.1 Å². The number of primary amides is 1. The Labute approximate surface area is 126 Å². The molecule has 1 unspecified atom stereocenters. The van der Waals surface area contributed by atoms with Gasteiger partial charge in [0.2, 0.25) is 5.91 Å². The molecule has 0 saturated heterocycles. The molecular formula is C14H23N3O3S. The molecule has 1 aromatic rings. The Morgan fingerprint density at radius 2 is 1.81 bits per heavy atom. The van der Waals surface area contributed by atoms with Crippen LogP contribution in [0.25, 0.3) is 0 Å². The molecule has 0 bridgehead atoms. The summed E-state index contributed by atoms with van der Waals surface area (Å²) >= 11 is 0. The Balaban J connectivity index is 3.03. The molecule has 3 N–H and O–H groups in total. The van der Waals surface area contributed by atoms with Gasteiger partial charge in [-0.05, 0) is 38.7 Å². The second-order valence-corrected chi connectivity index (χ2v) is 7.53. The minimum absolute atomic E-state index is 0.214. The van der Waals surface area contributed by atoms with Crippen LogP contribution in [0, 0.1) is 0 Å². The molecule has 0 saturated carbocycles. The number of benzene rings is 1. The molecule has 7 heteroatoms. The minimum atomic E-state index is -3.26. The molecule has 21 heavy (non-hydrogen) atoms. The number of nitrogens with two attached hydrogens (primary N) is 1. The van der Waals surface area contributed by atoms with Gasteiger partial charge in [-0.2, -0.15) is 0 Å². The molecule has 0 aliphatic carbocycles. The Morgan fingerprint density at radius 3 is 2.19 bits per heavy atom. The van der Waals surface area contributed by atoms with E-state index in [2.05, 4.69) is 5.32 Å². The number of hydrogen-bond acceptors (Lipinski definition) is 5. The monoisotopic (exact) mass is 313 g/mol. The Morgan fingerprint density at radius 1 is 1.29 bits per heavy atom. The van der Waals surface area contributed by atoms with E-state index in [0.29, 0.717) is 12.1 Å². The molecule has 1 rings (SSSR count). The van der Waals surface area contributed by atoms with Gasteiger partial charge in [-0.1, -0.05) is 12.1 Å². The third-order valence-corrected chi connectivity index (χ3v) is 4.52. The summed E-state index contributed by atoms with van der Waals surface area (Å²) in [5.41, 5.74) is 5.11. The van der Waals surface area contributed by atoms with Crippen molar-refractivity contribution in [1.29, 1.82) is 0 Å². The minimum Gasteiger partial charge on any atom is -0.368 e. The highest BCUT2D eigenvalue weighted by molar-refractivity contribution is 7.90. The van der Waals surface area contributed by atoms with Crippen molar-refractivity contribution in [2.75, 3.05) is 33.4 Å². The highest BCUT2D eigenvalue weighted by Gasteiger charge is 2.32. The summed E-state index contributed by atoms with van der Waals surface area (Å²) in [6.45, 7) is 3.03. The number of carbonyl (C=O) groups excluding carboxylic acids is 1. The van der Waals surface area contributed by atoms with Gasteiger partial charge in [0.15, 0.2) is 9.84 Å². The molecule has 0 aromatic heterocycles. The van der Waals surface area contributed by atoms with Crippen molar-refractivity contribution in [3.8, 4) is 0 Å². The summed E-state index contributed by atoms with van der Waals surface area (Å²) in [4.78, 5) is 14.0. The highest BCUT2D eigenvalue weighted by atomic mass is 32.2. The van der Waals surface area contributed by atoms with Gasteiger partial charge < -0.3 is 10.6 Å². The fourth-order valence-corrected chi connectivity index (χ4v) is 2.53. The Kier molecular flexibility index (Phi) is 5.49. The maximum atomic E-state index is 11.8. The fourth-order valence-electron chi connectivity index (χ4n) is 1.90. The molecule has 6 nitrogen and oxygen atoms in total. The van der Waals surface area contributed by atoms with E-state index in [1.54, 1.807) is 19.1 Å². The number of nitrogens with zero attached hydrogens (tertiary/aromatic N) is 1. The zero-order chi connectivity index (χ0) is 16.3. The van der Waals surface area contributed by atoms with Crippen LogP contribution >= 0.6 is 0 Å². The number of carbonyl (C=O) groups is 1. The molecule has 0 heterocycles. The van der Waals surface area contributed by atoms with E-state index in [4.69, 9.17) is 5.73 Å². The van der Waals surface area contributed by atoms with Crippen LogP contribution in [0.2, 0.25) is 0 Å². The SMILES string of the molecule is CN(C)CCNC(C)(C(N)=O)c1ccc(S(C)(=O)=O)cc1. The molecule has 0 spiro atoms. The van der Waals surface area contributed by atoms with E-state index in [1.165, 1.54) is 12.1 Å². The van der Waals surface area contributed by atoms with Gasteiger partial charge in [0.25, 0.3) is 0 Å². The lowest BCUT2D eigenvalue weighted by Gasteiger charge is -2.29. The maximum Gasteiger partial charge on any atom is 0.242 e. The van der Waals surface area contributed by atoms with Crippen molar-refractivity contribution >= 4 is 15.7 Å². The Hall–Kier alpha value is -1.44. The Bertz CT molecular complexity index is 596. The van der Waals surface area contributed by atoms with E-state index >= 15 is 0 Å². The van der Waals surface area contributed by atoms with E-state index < -0.39 is 21.3 Å². The maximum absolute atomic E-state index is 11.8. The number of sulfone groups is 1. The third kappa shape index (κ3) is 4.52. The van der Waals surface area contributed by atoms with Crippen LogP contribution in [-0.4, -0.2) is 52.7 Å². The van der Waals surface area contributed by atoms with Gasteiger partial charge in [0, 0.05) is 19.3 Å². The fraction of sp³-hybridized carbons (Fsp3) is 0.500. The van der Waals surface area contributed by atoms with Crippen LogP contribution in [0.3, 0.4) is 0 Å². The lowest BCUT2D eigenvalue weighted by atomic mass is 9.91. The molecule has 118 valence electrons. The second kappa shape index (κ2) is 6.55. The van der Waals surface area contributed by atoms with E-state index in [-0.39, 0.29) is 4.90 Å². The van der Waals surface area contributed by atoms with Crippen molar-refractivity contribution < 1.29 is 13.2 Å². The molecule has 0 fully saturated rings. The highest BCUT2D eigenvalue weighted by Crippen LogP contribution is 2.22. The summed E-state index contributed by atoms with van der Waals surface area (Å²) < 4.78 is 22.9. The first kappa shape index (κ1) is 17.6. The zero-order valence-corrected chi connectivity index (χ0v) is 13.7. The summed E-state index contributed by atoms with van der Waals surface area (Å²) in [5.74, 6) is -0.506. The standard InChI is InChI=1S/C14H23N3O3S/c1-14(13(15)18,16-9-10-17(2)3)11-5-7-12(8-6-11)21(4,19)20/h5-8,16H,9-10H2,1-4H3,(H2,15,18). The lowest BCUT2D eigenvalue weighted by molar-refractivity contribution is -0.124. The van der Waals surface area contributed by atoms with Crippen LogP contribution in [0.5, 0.6) is 0 Å². The largest absolute Gasteiger partial charge is 0.368 e. The van der Waals surface area contributed by atoms with E-state index in [1.807, 2.05) is 19.0 Å². The summed E-state index contributed by atoms with van der Waals surface area (Å²) in [6.07, 6.45) is 1.14. The van der Waals surface area contributed by atoms with E-state index in [0.717, 1.165) is 12.8 Å². The summed E-state index contributed by atoms with van der Waals surface area (Å²) in [7, 11) is 0.613. The number of amides is 1. The van der Waals surface area contributed by atoms with Crippen molar-refractivity contribution in [2.45, 2.75) is 17.4 Å². The first-order chi connectivity index (χ1) is 9.57. The van der Waals surface area contributed by atoms with Gasteiger partial charge in [0.1, 0.15) is 5.54 Å². The average Bonchev–Trinajstić information content (AvgIpc) is 2.37. The van der Waals surface area contributed by atoms with E-state index in [9.17, 15) is 13.2 Å². The van der Waals surface area contributed by atoms with Crippen molar-refractivity contribution in [1.82, 2.24) is 10.2 Å². The number of hydrogen-bond donors (Lipinski definition) is 2. The van der Waals surface area contributed by atoms with Gasteiger partial charge in [0.05, 0.1) is 4.90 Å². The molecule has 1 atom stereocenters. The molecule has 0 aliphatic heterocycles. The smallest absolute Gasteiger partial charge is 0.242 e. The van der Waals surface area contributed by atoms with Gasteiger partial charge in [-0.15, -0.1) is 0 Å². The van der Waals surface area contributed by atoms with Crippen LogP contribution in [0.1, 0.15) is 12.5 Å². The second-order valence-electron chi connectivity index (χ2n) is 5.52. The first-order valence-electron chi connectivity index (χ1n) is 6.57. The number of likely N-dealkylation sites (N-methyl/N-ethyl adjacent to an activating group) is 1. The van der Waals surface area contributed by atoms with Crippen molar-refractivity contribution in [3.05, 3.63) is 29.8 Å². The van der Waals surface area contributed by atoms with Crippen LogP contribution in [0.15, 0.2) is 29.2 Å². The van der Waals surface area contributed by atoms with Gasteiger partial charge in [-0.3, -0.25) is 10.1 Å². The van der Waals surface area contributed by atoms with Crippen molar-refractivity contribution in [3.63, 3.8) is 0 Å². The number of nitrogens with one attached hydrogen (secondary N) is 1. The van der Waals surface area contributed by atoms with Crippen molar-refractivity contribution in [2.24, 2.45) is 5.73 Å². The van der Waals surface area contributed by atoms with Crippen LogP contribution in [0.4, 0.5) is 0 Å². The molecule has 0 radical (unpaired) electrons. The summed E-state index contributed by atoms with van der Waals surface area (Å²) in [5, 5.41) is 3.14.